The molecule has 0 aliphatic heterocycles. The van der Waals surface area contributed by atoms with Crippen molar-refractivity contribution >= 4 is 17.3 Å². The molecule has 0 aliphatic carbocycles. The number of benzene rings is 2. The van der Waals surface area contributed by atoms with Gasteiger partial charge in [0.2, 0.25) is 0 Å². The van der Waals surface area contributed by atoms with Gasteiger partial charge in [0.05, 0.1) is 17.2 Å². The molecule has 0 aliphatic rings. The van der Waals surface area contributed by atoms with Gasteiger partial charge in [0.1, 0.15) is 12.4 Å². The van der Waals surface area contributed by atoms with Crippen molar-refractivity contribution in [1.82, 2.24) is 9.78 Å². The largest absolute Gasteiger partial charge is 0.479 e. The molecule has 9 nitrogen and oxygen atoms in total. The molecule has 1 N–H and O–H groups in total. The molecule has 0 spiro atoms. The third-order valence-corrected chi connectivity index (χ3v) is 5.21. The van der Waals surface area contributed by atoms with Gasteiger partial charge in [0.15, 0.2) is 11.5 Å². The third-order valence-electron chi connectivity index (χ3n) is 5.21. The lowest BCUT2D eigenvalue weighted by Crippen LogP contribution is -2.11. The molecule has 0 atom stereocenters. The molecule has 34 heavy (non-hydrogen) atoms. The fourth-order valence-corrected chi connectivity index (χ4v) is 3.51. The average molecular weight is 460 g/mol. The van der Waals surface area contributed by atoms with Gasteiger partial charge in [-0.25, -0.2) is 0 Å². The van der Waals surface area contributed by atoms with Crippen LogP contribution < -0.4 is 10.1 Å². The minimum Gasteiger partial charge on any atom is -0.479 e. The zero-order valence-electron chi connectivity index (χ0n) is 19.1. The van der Waals surface area contributed by atoms with Gasteiger partial charge in [-0.2, -0.15) is 5.10 Å². The molecular formula is C25H24N4O5. The van der Waals surface area contributed by atoms with Crippen molar-refractivity contribution in [3.05, 3.63) is 105 Å². The van der Waals surface area contributed by atoms with Gasteiger partial charge in [0, 0.05) is 17.4 Å². The van der Waals surface area contributed by atoms with E-state index < -0.39 is 10.8 Å². The smallest absolute Gasteiger partial charge is 0.311 e. The molecule has 4 rings (SSSR count). The van der Waals surface area contributed by atoms with Crippen molar-refractivity contribution in [3.63, 3.8) is 0 Å². The van der Waals surface area contributed by atoms with E-state index in [0.717, 1.165) is 22.5 Å². The summed E-state index contributed by atoms with van der Waals surface area (Å²) in [4.78, 5) is 23.3. The molecule has 2 aromatic heterocycles. The summed E-state index contributed by atoms with van der Waals surface area (Å²) in [6.07, 6.45) is 0. The number of hydrogen-bond donors (Lipinski definition) is 1. The summed E-state index contributed by atoms with van der Waals surface area (Å²) in [5.41, 5.74) is 4.39. The lowest BCUT2D eigenvalue weighted by atomic mass is 10.2. The standard InChI is InChI=1S/C25H24N4O5/c1-16-4-10-23(22(12-16)29(31)32)33-15-21-9-11-24(34-21)25(30)26-20-7-5-19(6-8-20)14-28-18(3)13-17(2)27-28/h4-13H,14-15H2,1-3H3,(H,26,30). The maximum Gasteiger partial charge on any atom is 0.311 e. The van der Waals surface area contributed by atoms with E-state index in [2.05, 4.69) is 10.4 Å². The first-order valence-corrected chi connectivity index (χ1v) is 10.7. The third kappa shape index (κ3) is 5.32. The summed E-state index contributed by atoms with van der Waals surface area (Å²) < 4.78 is 13.0. The second-order valence-corrected chi connectivity index (χ2v) is 8.02. The number of amides is 1. The molecule has 0 saturated carbocycles. The first-order valence-electron chi connectivity index (χ1n) is 10.7. The second-order valence-electron chi connectivity index (χ2n) is 8.02. The summed E-state index contributed by atoms with van der Waals surface area (Å²) in [7, 11) is 0. The number of nitrogens with zero attached hydrogens (tertiary/aromatic N) is 3. The molecule has 0 fully saturated rings. The number of aryl methyl sites for hydroxylation is 3. The SMILES string of the molecule is Cc1ccc(OCc2ccc(C(=O)Nc3ccc(Cn4nc(C)cc4C)cc3)o2)c([N+](=O)[O-])c1. The van der Waals surface area contributed by atoms with Crippen LogP contribution in [0.4, 0.5) is 11.4 Å². The van der Waals surface area contributed by atoms with E-state index in [1.807, 2.05) is 48.9 Å². The Morgan fingerprint density at radius 1 is 1.09 bits per heavy atom. The van der Waals surface area contributed by atoms with Crippen LogP contribution in [0.25, 0.3) is 0 Å². The lowest BCUT2D eigenvalue weighted by molar-refractivity contribution is -0.386. The van der Waals surface area contributed by atoms with Crippen LogP contribution in [0.5, 0.6) is 5.75 Å². The molecule has 9 heteroatoms. The van der Waals surface area contributed by atoms with Crippen molar-refractivity contribution in [2.75, 3.05) is 5.32 Å². The van der Waals surface area contributed by atoms with Crippen molar-refractivity contribution in [3.8, 4) is 5.75 Å². The number of rotatable bonds is 8. The van der Waals surface area contributed by atoms with Gasteiger partial charge < -0.3 is 14.5 Å². The van der Waals surface area contributed by atoms with Crippen LogP contribution >= 0.6 is 0 Å². The Labute approximate surface area is 196 Å². The zero-order chi connectivity index (χ0) is 24.2. The summed E-state index contributed by atoms with van der Waals surface area (Å²) in [5.74, 6) is 0.224. The number of nitro benzene ring substituents is 1. The van der Waals surface area contributed by atoms with Crippen LogP contribution in [0, 0.1) is 30.9 Å². The molecule has 2 aromatic carbocycles. The Bertz CT molecular complexity index is 1340. The number of nitro groups is 1. The number of nitrogens with one attached hydrogen (secondary N) is 1. The Morgan fingerprint density at radius 2 is 1.85 bits per heavy atom. The van der Waals surface area contributed by atoms with E-state index in [1.54, 1.807) is 25.1 Å². The van der Waals surface area contributed by atoms with Gasteiger partial charge in [-0.3, -0.25) is 19.6 Å². The molecule has 0 radical (unpaired) electrons. The summed E-state index contributed by atoms with van der Waals surface area (Å²) in [6.45, 7) is 6.34. The fourth-order valence-electron chi connectivity index (χ4n) is 3.51. The monoisotopic (exact) mass is 460 g/mol. The topological polar surface area (TPSA) is 112 Å². The van der Waals surface area contributed by atoms with Gasteiger partial charge in [-0.1, -0.05) is 18.2 Å². The average Bonchev–Trinajstić information content (AvgIpc) is 3.40. The minimum absolute atomic E-state index is 0.0435. The number of ether oxygens (including phenoxy) is 1. The highest BCUT2D eigenvalue weighted by Gasteiger charge is 2.17. The number of carbonyl (C=O) groups is 1. The molecule has 2 heterocycles. The molecule has 0 bridgehead atoms. The summed E-state index contributed by atoms with van der Waals surface area (Å²) >= 11 is 0. The van der Waals surface area contributed by atoms with E-state index >= 15 is 0 Å². The maximum atomic E-state index is 12.6. The molecular weight excluding hydrogens is 436 g/mol. The Kier molecular flexibility index (Phi) is 6.44. The van der Waals surface area contributed by atoms with Crippen LogP contribution in [-0.2, 0) is 13.2 Å². The summed E-state index contributed by atoms with van der Waals surface area (Å²) in [5, 5.41) is 18.5. The van der Waals surface area contributed by atoms with E-state index in [1.165, 1.54) is 12.1 Å². The lowest BCUT2D eigenvalue weighted by Gasteiger charge is -2.07. The van der Waals surface area contributed by atoms with Crippen molar-refractivity contribution < 1.29 is 18.9 Å². The van der Waals surface area contributed by atoms with Crippen LogP contribution in [0.3, 0.4) is 0 Å². The van der Waals surface area contributed by atoms with Gasteiger partial charge in [-0.05, 0) is 68.3 Å². The number of hydrogen-bond acceptors (Lipinski definition) is 6. The normalized spacial score (nSPS) is 10.8. The van der Waals surface area contributed by atoms with Crippen molar-refractivity contribution in [1.29, 1.82) is 0 Å². The number of furan rings is 1. The highest BCUT2D eigenvalue weighted by atomic mass is 16.6. The fraction of sp³-hybridized carbons (Fsp3) is 0.200. The van der Waals surface area contributed by atoms with Gasteiger partial charge in [0.25, 0.3) is 5.91 Å². The van der Waals surface area contributed by atoms with E-state index in [9.17, 15) is 14.9 Å². The van der Waals surface area contributed by atoms with Crippen molar-refractivity contribution in [2.24, 2.45) is 0 Å². The molecule has 4 aromatic rings. The highest BCUT2D eigenvalue weighted by molar-refractivity contribution is 6.02. The highest BCUT2D eigenvalue weighted by Crippen LogP contribution is 2.28. The number of carbonyl (C=O) groups excluding carboxylic acids is 1. The predicted octanol–water partition coefficient (Wildman–Crippen LogP) is 5.19. The Morgan fingerprint density at radius 3 is 2.53 bits per heavy atom. The second kappa shape index (κ2) is 9.62. The first kappa shape index (κ1) is 22.8. The number of anilines is 1. The number of aromatic nitrogens is 2. The molecule has 0 unspecified atom stereocenters. The predicted molar refractivity (Wildman–Crippen MR) is 126 cm³/mol. The van der Waals surface area contributed by atoms with E-state index in [4.69, 9.17) is 9.15 Å². The Balaban J connectivity index is 1.35. The van der Waals surface area contributed by atoms with Crippen molar-refractivity contribution in [2.45, 2.75) is 33.9 Å². The first-order chi connectivity index (χ1) is 16.3. The quantitative estimate of drug-likeness (QED) is 0.286. The van der Waals surface area contributed by atoms with Crippen LogP contribution in [0.2, 0.25) is 0 Å². The van der Waals surface area contributed by atoms with Gasteiger partial charge >= 0.3 is 5.69 Å². The zero-order valence-corrected chi connectivity index (χ0v) is 19.1. The Hall–Kier alpha value is -4.40. The molecule has 1 amide bonds. The minimum atomic E-state index is -0.494. The summed E-state index contributed by atoms with van der Waals surface area (Å²) in [6, 6.07) is 17.4. The molecule has 0 saturated heterocycles. The van der Waals surface area contributed by atoms with E-state index in [0.29, 0.717) is 18.0 Å². The van der Waals surface area contributed by atoms with E-state index in [-0.39, 0.29) is 23.8 Å². The van der Waals surface area contributed by atoms with Crippen LogP contribution in [-0.4, -0.2) is 20.6 Å². The maximum absolute atomic E-state index is 12.6. The molecule has 174 valence electrons. The van der Waals surface area contributed by atoms with Crippen LogP contribution in [0.15, 0.2) is 65.1 Å². The van der Waals surface area contributed by atoms with Gasteiger partial charge in [-0.15, -0.1) is 0 Å². The van der Waals surface area contributed by atoms with Crippen LogP contribution in [0.1, 0.15) is 38.8 Å².